The molecular weight excluding hydrogens is 372 g/mol. The Morgan fingerprint density at radius 3 is 2.58 bits per heavy atom. The minimum Gasteiger partial charge on any atom is -0.353 e. The summed E-state index contributed by atoms with van der Waals surface area (Å²) in [6, 6.07) is 0. The van der Waals surface area contributed by atoms with Crippen LogP contribution >= 0.6 is 15.9 Å². The lowest BCUT2D eigenvalue weighted by Gasteiger charge is -2.35. The second kappa shape index (κ2) is 6.14. The number of rotatable bonds is 3. The van der Waals surface area contributed by atoms with Crippen LogP contribution in [0.4, 0.5) is 5.82 Å². The van der Waals surface area contributed by atoms with Gasteiger partial charge >= 0.3 is 0 Å². The number of aromatic nitrogens is 6. The molecule has 9 heteroatoms. The molecule has 4 heterocycles. The Hall–Kier alpha value is -2.00. The summed E-state index contributed by atoms with van der Waals surface area (Å²) in [4.78, 5) is 18.0. The number of hydrogen-bond donors (Lipinski definition) is 0. The molecule has 0 saturated carbocycles. The highest BCUT2D eigenvalue weighted by Crippen LogP contribution is 2.29. The van der Waals surface area contributed by atoms with Gasteiger partial charge in [-0.05, 0) is 15.9 Å². The van der Waals surface area contributed by atoms with Crippen LogP contribution in [0.2, 0.25) is 0 Å². The third-order valence-electron chi connectivity index (χ3n) is 4.52. The third-order valence-corrected chi connectivity index (χ3v) is 5.07. The lowest BCUT2D eigenvalue weighted by molar-refractivity contribution is 0.241. The van der Waals surface area contributed by atoms with E-state index in [1.54, 1.807) is 11.0 Å². The minimum atomic E-state index is 0.797. The predicted molar refractivity (Wildman–Crippen MR) is 94.7 cm³/mol. The summed E-state index contributed by atoms with van der Waals surface area (Å²) in [6.07, 6.45) is 5.46. The van der Waals surface area contributed by atoms with Crippen molar-refractivity contribution in [2.24, 2.45) is 14.1 Å². The molecule has 0 aromatic carbocycles. The summed E-state index contributed by atoms with van der Waals surface area (Å²) in [6.45, 7) is 4.70. The summed E-state index contributed by atoms with van der Waals surface area (Å²) in [5, 5.41) is 5.39. The van der Waals surface area contributed by atoms with Crippen LogP contribution in [0.5, 0.6) is 0 Å². The number of halogens is 1. The van der Waals surface area contributed by atoms with E-state index in [4.69, 9.17) is 0 Å². The SMILES string of the molecule is Cn1ccnc1CN1CCN(c2ncnc3c2c(Br)nn3C)CC1. The number of aryl methyl sites for hydroxylation is 2. The van der Waals surface area contributed by atoms with E-state index in [0.717, 1.165) is 60.0 Å². The van der Waals surface area contributed by atoms with E-state index in [1.165, 1.54) is 0 Å². The van der Waals surface area contributed by atoms with Crippen LogP contribution in [0.15, 0.2) is 23.3 Å². The standard InChI is InChI=1S/C15H19BrN8/c1-21-4-3-17-11(21)9-23-5-7-24(8-6-23)15-12-13(16)20-22(2)14(12)18-10-19-15/h3-4,10H,5-9H2,1-2H3. The fraction of sp³-hybridized carbons (Fsp3) is 0.467. The van der Waals surface area contributed by atoms with E-state index in [9.17, 15) is 0 Å². The number of piperazine rings is 1. The predicted octanol–water partition coefficient (Wildman–Crippen LogP) is 1.18. The van der Waals surface area contributed by atoms with Gasteiger partial charge < -0.3 is 9.47 Å². The second-order valence-corrected chi connectivity index (χ2v) is 6.78. The molecule has 3 aromatic rings. The average Bonchev–Trinajstić information content (AvgIpc) is 3.12. The van der Waals surface area contributed by atoms with Crippen molar-refractivity contribution in [1.82, 2.24) is 34.2 Å². The van der Waals surface area contributed by atoms with E-state index in [-0.39, 0.29) is 0 Å². The highest BCUT2D eigenvalue weighted by Gasteiger charge is 2.23. The fourth-order valence-electron chi connectivity index (χ4n) is 3.13. The first kappa shape index (κ1) is 15.5. The molecule has 0 aliphatic carbocycles. The van der Waals surface area contributed by atoms with Crippen LogP contribution in [0.25, 0.3) is 11.0 Å². The molecule has 0 radical (unpaired) electrons. The number of nitrogens with zero attached hydrogens (tertiary/aromatic N) is 8. The molecule has 0 atom stereocenters. The van der Waals surface area contributed by atoms with Gasteiger partial charge in [0.2, 0.25) is 0 Å². The Morgan fingerprint density at radius 2 is 1.88 bits per heavy atom. The Bertz CT molecular complexity index is 862. The topological polar surface area (TPSA) is 67.9 Å². The molecule has 0 bridgehead atoms. The maximum absolute atomic E-state index is 4.52. The number of hydrogen-bond acceptors (Lipinski definition) is 6. The van der Waals surface area contributed by atoms with Crippen LogP contribution < -0.4 is 4.90 Å². The van der Waals surface area contributed by atoms with Crippen molar-refractivity contribution >= 4 is 32.8 Å². The van der Waals surface area contributed by atoms with Crippen molar-refractivity contribution in [1.29, 1.82) is 0 Å². The maximum Gasteiger partial charge on any atom is 0.164 e. The van der Waals surface area contributed by atoms with Crippen LogP contribution in [0.3, 0.4) is 0 Å². The average molecular weight is 391 g/mol. The molecule has 0 amide bonds. The molecule has 1 aliphatic heterocycles. The Morgan fingerprint density at radius 1 is 1.08 bits per heavy atom. The lowest BCUT2D eigenvalue weighted by atomic mass is 10.2. The van der Waals surface area contributed by atoms with Gasteiger partial charge in [-0.3, -0.25) is 4.90 Å². The van der Waals surface area contributed by atoms with E-state index in [1.807, 2.05) is 26.5 Å². The van der Waals surface area contributed by atoms with Crippen molar-refractivity contribution in [2.75, 3.05) is 31.1 Å². The van der Waals surface area contributed by atoms with Crippen LogP contribution in [0.1, 0.15) is 5.82 Å². The number of imidazole rings is 1. The normalized spacial score (nSPS) is 16.2. The summed E-state index contributed by atoms with van der Waals surface area (Å²) >= 11 is 3.53. The van der Waals surface area contributed by atoms with Crippen molar-refractivity contribution in [2.45, 2.75) is 6.54 Å². The number of fused-ring (bicyclic) bond motifs is 1. The zero-order valence-corrected chi connectivity index (χ0v) is 15.3. The van der Waals surface area contributed by atoms with E-state index in [2.05, 4.69) is 50.3 Å². The zero-order valence-electron chi connectivity index (χ0n) is 13.7. The number of anilines is 1. The molecule has 0 N–H and O–H groups in total. The van der Waals surface area contributed by atoms with E-state index in [0.29, 0.717) is 0 Å². The molecule has 24 heavy (non-hydrogen) atoms. The maximum atomic E-state index is 4.52. The molecule has 126 valence electrons. The van der Waals surface area contributed by atoms with Gasteiger partial charge in [0.25, 0.3) is 0 Å². The van der Waals surface area contributed by atoms with Crippen LogP contribution in [-0.2, 0) is 20.6 Å². The Balaban J connectivity index is 1.51. The first-order valence-corrected chi connectivity index (χ1v) is 8.69. The summed E-state index contributed by atoms with van der Waals surface area (Å²) < 4.78 is 4.65. The van der Waals surface area contributed by atoms with Crippen molar-refractivity contribution < 1.29 is 0 Å². The fourth-order valence-corrected chi connectivity index (χ4v) is 3.73. The van der Waals surface area contributed by atoms with Gasteiger partial charge in [0.1, 0.15) is 22.6 Å². The van der Waals surface area contributed by atoms with E-state index >= 15 is 0 Å². The molecule has 1 saturated heterocycles. The Kier molecular flexibility index (Phi) is 3.97. The van der Waals surface area contributed by atoms with Gasteiger partial charge in [0.15, 0.2) is 5.65 Å². The summed E-state index contributed by atoms with van der Waals surface area (Å²) in [7, 11) is 3.94. The summed E-state index contributed by atoms with van der Waals surface area (Å²) in [5.41, 5.74) is 0.849. The highest BCUT2D eigenvalue weighted by molar-refractivity contribution is 9.10. The van der Waals surface area contributed by atoms with Crippen LogP contribution in [0, 0.1) is 0 Å². The monoisotopic (exact) mass is 390 g/mol. The largest absolute Gasteiger partial charge is 0.353 e. The van der Waals surface area contributed by atoms with Crippen molar-refractivity contribution in [3.63, 3.8) is 0 Å². The van der Waals surface area contributed by atoms with Gasteiger partial charge in [-0.1, -0.05) is 0 Å². The minimum absolute atomic E-state index is 0.797. The molecule has 3 aromatic heterocycles. The molecule has 8 nitrogen and oxygen atoms in total. The van der Waals surface area contributed by atoms with Gasteiger partial charge in [-0.15, -0.1) is 0 Å². The highest BCUT2D eigenvalue weighted by atomic mass is 79.9. The van der Waals surface area contributed by atoms with Gasteiger partial charge in [0, 0.05) is 52.7 Å². The molecular formula is C15H19BrN8. The first-order chi connectivity index (χ1) is 11.6. The first-order valence-electron chi connectivity index (χ1n) is 7.90. The van der Waals surface area contributed by atoms with Gasteiger partial charge in [-0.25, -0.2) is 19.6 Å². The molecule has 0 unspecified atom stereocenters. The summed E-state index contributed by atoms with van der Waals surface area (Å²) in [5.74, 6) is 2.06. The van der Waals surface area contributed by atoms with Gasteiger partial charge in [0.05, 0.1) is 11.9 Å². The molecule has 1 fully saturated rings. The Labute approximate surface area is 148 Å². The molecule has 4 rings (SSSR count). The quantitative estimate of drug-likeness (QED) is 0.668. The molecule has 0 spiro atoms. The van der Waals surface area contributed by atoms with Crippen molar-refractivity contribution in [3.8, 4) is 0 Å². The van der Waals surface area contributed by atoms with Crippen LogP contribution in [-0.4, -0.2) is 60.4 Å². The smallest absolute Gasteiger partial charge is 0.164 e. The van der Waals surface area contributed by atoms with Gasteiger partial charge in [-0.2, -0.15) is 5.10 Å². The second-order valence-electron chi connectivity index (χ2n) is 6.03. The third kappa shape index (κ3) is 2.67. The lowest BCUT2D eigenvalue weighted by Crippen LogP contribution is -2.46. The molecule has 1 aliphatic rings. The van der Waals surface area contributed by atoms with E-state index < -0.39 is 0 Å². The zero-order chi connectivity index (χ0) is 16.7. The van der Waals surface area contributed by atoms with Crippen molar-refractivity contribution in [3.05, 3.63) is 29.1 Å².